The second-order valence-corrected chi connectivity index (χ2v) is 3.74. The van der Waals surface area contributed by atoms with Crippen LogP contribution in [0.25, 0.3) is 0 Å². The van der Waals surface area contributed by atoms with Crippen molar-refractivity contribution in [2.24, 2.45) is 5.16 Å². The van der Waals surface area contributed by atoms with Crippen molar-refractivity contribution in [2.75, 3.05) is 0 Å². The Morgan fingerprint density at radius 3 is 2.67 bits per heavy atom. The van der Waals surface area contributed by atoms with Gasteiger partial charge in [-0.1, -0.05) is 28.9 Å². The van der Waals surface area contributed by atoms with Crippen LogP contribution in [0.1, 0.15) is 18.4 Å². The quantitative estimate of drug-likeness (QED) is 0.731. The van der Waals surface area contributed by atoms with Gasteiger partial charge in [-0.2, -0.15) is 5.26 Å². The molecule has 76 valence electrons. The summed E-state index contributed by atoms with van der Waals surface area (Å²) in [5.41, 5.74) is 1.87. The van der Waals surface area contributed by atoms with Crippen molar-refractivity contribution in [3.63, 3.8) is 0 Å². The van der Waals surface area contributed by atoms with E-state index < -0.39 is 6.10 Å². The molecule has 0 bridgehead atoms. The summed E-state index contributed by atoms with van der Waals surface area (Å²) in [6.07, 6.45) is 1.05. The lowest BCUT2D eigenvalue weighted by molar-refractivity contribution is 0.0822. The first-order valence-corrected chi connectivity index (χ1v) is 5.05. The number of benzene rings is 1. The van der Waals surface area contributed by atoms with Crippen LogP contribution in [0.15, 0.2) is 29.4 Å². The monoisotopic (exact) mass is 220 g/mol. The van der Waals surface area contributed by atoms with Crippen LogP contribution in [0, 0.1) is 11.3 Å². The van der Waals surface area contributed by atoms with E-state index in [1.807, 2.05) is 30.3 Å². The van der Waals surface area contributed by atoms with E-state index in [1.165, 1.54) is 0 Å². The minimum atomic E-state index is -0.402. The van der Waals surface area contributed by atoms with E-state index in [1.54, 1.807) is 0 Å². The van der Waals surface area contributed by atoms with E-state index in [0.717, 1.165) is 17.7 Å². The lowest BCUT2D eigenvalue weighted by atomic mass is 10.0. The molecule has 1 unspecified atom stereocenters. The van der Waals surface area contributed by atoms with Crippen molar-refractivity contribution in [3.05, 3.63) is 34.9 Å². The highest BCUT2D eigenvalue weighted by Crippen LogP contribution is 2.17. The van der Waals surface area contributed by atoms with Gasteiger partial charge in [-0.15, -0.1) is 0 Å². The molecule has 0 amide bonds. The Hall–Kier alpha value is -1.53. The zero-order chi connectivity index (χ0) is 10.7. The van der Waals surface area contributed by atoms with Gasteiger partial charge in [0.15, 0.2) is 0 Å². The molecule has 1 aromatic carbocycles. The summed E-state index contributed by atoms with van der Waals surface area (Å²) in [6.45, 7) is 0. The van der Waals surface area contributed by atoms with Crippen LogP contribution in [0.5, 0.6) is 0 Å². The van der Waals surface area contributed by atoms with E-state index >= 15 is 0 Å². The maximum Gasteiger partial charge on any atom is 0.213 e. The Bertz CT molecular complexity index is 419. The molecular formula is C11H9ClN2O. The molecular weight excluding hydrogens is 212 g/mol. The van der Waals surface area contributed by atoms with Crippen LogP contribution >= 0.6 is 11.6 Å². The molecule has 15 heavy (non-hydrogen) atoms. The van der Waals surface area contributed by atoms with E-state index in [9.17, 15) is 0 Å². The molecule has 2 rings (SSSR count). The molecule has 0 saturated heterocycles. The Morgan fingerprint density at radius 2 is 2.13 bits per heavy atom. The number of nitrogens with zero attached hydrogens (tertiary/aromatic N) is 2. The summed E-state index contributed by atoms with van der Waals surface area (Å²) in [4.78, 5) is 5.02. The van der Waals surface area contributed by atoms with E-state index in [4.69, 9.17) is 21.7 Å². The van der Waals surface area contributed by atoms with Gasteiger partial charge in [0.05, 0.1) is 5.71 Å². The molecule has 0 N–H and O–H groups in total. The zero-order valence-electron chi connectivity index (χ0n) is 7.98. The first kappa shape index (κ1) is 10.0. The van der Waals surface area contributed by atoms with Crippen LogP contribution in [0.2, 0.25) is 5.02 Å². The van der Waals surface area contributed by atoms with Gasteiger partial charge in [0.2, 0.25) is 6.10 Å². The summed E-state index contributed by atoms with van der Waals surface area (Å²) in [7, 11) is 0. The van der Waals surface area contributed by atoms with Gasteiger partial charge in [-0.25, -0.2) is 0 Å². The largest absolute Gasteiger partial charge is 0.377 e. The number of halogens is 1. The summed E-state index contributed by atoms with van der Waals surface area (Å²) in [5.74, 6) is 0. The third kappa shape index (κ3) is 2.28. The standard InChI is InChI=1S/C11H9ClN2O/c12-9-3-1-8(2-4-9)11-6-5-10(7-13)15-14-11/h1-4,10H,5-6H2. The van der Waals surface area contributed by atoms with Gasteiger partial charge in [-0.3, -0.25) is 0 Å². The number of nitriles is 1. The molecule has 0 aromatic heterocycles. The summed E-state index contributed by atoms with van der Waals surface area (Å²) >= 11 is 5.78. The highest BCUT2D eigenvalue weighted by molar-refractivity contribution is 6.30. The molecule has 1 aromatic rings. The normalized spacial score (nSPS) is 20.0. The Labute approximate surface area is 92.9 Å². The molecule has 3 nitrogen and oxygen atoms in total. The molecule has 1 atom stereocenters. The van der Waals surface area contributed by atoms with Crippen molar-refractivity contribution in [3.8, 4) is 6.07 Å². The van der Waals surface area contributed by atoms with Crippen LogP contribution in [0.4, 0.5) is 0 Å². The second kappa shape index (κ2) is 4.33. The fourth-order valence-electron chi connectivity index (χ4n) is 1.42. The molecule has 0 saturated carbocycles. The third-order valence-electron chi connectivity index (χ3n) is 2.25. The minimum absolute atomic E-state index is 0.402. The lowest BCUT2D eigenvalue weighted by Gasteiger charge is -2.15. The van der Waals surface area contributed by atoms with Crippen molar-refractivity contribution < 1.29 is 4.84 Å². The second-order valence-electron chi connectivity index (χ2n) is 3.31. The fourth-order valence-corrected chi connectivity index (χ4v) is 1.55. The van der Waals surface area contributed by atoms with Crippen molar-refractivity contribution in [1.82, 2.24) is 0 Å². The average molecular weight is 221 g/mol. The summed E-state index contributed by atoms with van der Waals surface area (Å²) in [6, 6.07) is 9.47. The van der Waals surface area contributed by atoms with Gasteiger partial charge in [0.1, 0.15) is 6.07 Å². The molecule has 0 aliphatic carbocycles. The topological polar surface area (TPSA) is 45.4 Å². The van der Waals surface area contributed by atoms with Crippen LogP contribution in [0.3, 0.4) is 0 Å². The van der Waals surface area contributed by atoms with Crippen molar-refractivity contribution in [2.45, 2.75) is 18.9 Å². The predicted octanol–water partition coefficient (Wildman–Crippen LogP) is 2.75. The smallest absolute Gasteiger partial charge is 0.213 e. The number of hydrogen-bond donors (Lipinski definition) is 0. The van der Waals surface area contributed by atoms with E-state index in [0.29, 0.717) is 11.4 Å². The molecule has 1 aliphatic rings. The Balaban J connectivity index is 2.16. The molecule has 1 aliphatic heterocycles. The van der Waals surface area contributed by atoms with Gasteiger partial charge in [0, 0.05) is 11.4 Å². The number of rotatable bonds is 1. The molecule has 0 radical (unpaired) electrons. The van der Waals surface area contributed by atoms with Crippen molar-refractivity contribution in [1.29, 1.82) is 5.26 Å². The average Bonchev–Trinajstić information content (AvgIpc) is 2.30. The first-order chi connectivity index (χ1) is 7.29. The van der Waals surface area contributed by atoms with Crippen molar-refractivity contribution >= 4 is 17.3 Å². The maximum absolute atomic E-state index is 8.62. The number of oxime groups is 1. The minimum Gasteiger partial charge on any atom is -0.377 e. The van der Waals surface area contributed by atoms with Crippen LogP contribution in [-0.2, 0) is 4.84 Å². The van der Waals surface area contributed by atoms with Crippen LogP contribution < -0.4 is 0 Å². The highest BCUT2D eigenvalue weighted by Gasteiger charge is 2.17. The van der Waals surface area contributed by atoms with E-state index in [-0.39, 0.29) is 0 Å². The molecule has 0 spiro atoms. The Kier molecular flexibility index (Phi) is 2.89. The van der Waals surface area contributed by atoms with Crippen LogP contribution in [-0.4, -0.2) is 11.8 Å². The summed E-state index contributed by atoms with van der Waals surface area (Å²) in [5, 5.41) is 13.3. The first-order valence-electron chi connectivity index (χ1n) is 4.68. The highest BCUT2D eigenvalue weighted by atomic mass is 35.5. The fraction of sp³-hybridized carbons (Fsp3) is 0.273. The number of hydrogen-bond acceptors (Lipinski definition) is 3. The lowest BCUT2D eigenvalue weighted by Crippen LogP contribution is -2.17. The van der Waals surface area contributed by atoms with Gasteiger partial charge in [-0.05, 0) is 24.1 Å². The Morgan fingerprint density at radius 1 is 1.40 bits per heavy atom. The molecule has 0 fully saturated rings. The van der Waals surface area contributed by atoms with E-state index in [2.05, 4.69) is 5.16 Å². The SMILES string of the molecule is N#CC1CCC(c2ccc(Cl)cc2)=NO1. The van der Waals surface area contributed by atoms with Gasteiger partial charge < -0.3 is 4.84 Å². The maximum atomic E-state index is 8.62. The predicted molar refractivity (Wildman–Crippen MR) is 57.7 cm³/mol. The summed E-state index contributed by atoms with van der Waals surface area (Å²) < 4.78 is 0. The molecule has 4 heteroatoms. The zero-order valence-corrected chi connectivity index (χ0v) is 8.74. The molecule has 1 heterocycles. The third-order valence-corrected chi connectivity index (χ3v) is 2.51. The van der Waals surface area contributed by atoms with Gasteiger partial charge in [0.25, 0.3) is 0 Å². The van der Waals surface area contributed by atoms with Gasteiger partial charge >= 0.3 is 0 Å².